The van der Waals surface area contributed by atoms with Crippen molar-refractivity contribution in [2.45, 2.75) is 38.1 Å². The molecule has 1 saturated carbocycles. The van der Waals surface area contributed by atoms with Gasteiger partial charge in [-0.25, -0.2) is 9.69 Å². The van der Waals surface area contributed by atoms with Gasteiger partial charge in [0.1, 0.15) is 5.54 Å². The Morgan fingerprint density at radius 1 is 1.11 bits per heavy atom. The van der Waals surface area contributed by atoms with Gasteiger partial charge in [0, 0.05) is 31.7 Å². The topological polar surface area (TPSA) is 73.0 Å². The van der Waals surface area contributed by atoms with Gasteiger partial charge in [0.05, 0.1) is 6.67 Å². The molecular formula is C21H28N4O3. The summed E-state index contributed by atoms with van der Waals surface area (Å²) in [7, 11) is 0. The number of urea groups is 1. The molecule has 0 radical (unpaired) electrons. The first-order valence-corrected chi connectivity index (χ1v) is 10.2. The van der Waals surface area contributed by atoms with Crippen LogP contribution in [0.4, 0.5) is 4.79 Å². The Labute approximate surface area is 165 Å². The lowest BCUT2D eigenvalue weighted by molar-refractivity contribution is -0.135. The van der Waals surface area contributed by atoms with Gasteiger partial charge in [0.15, 0.2) is 0 Å². The summed E-state index contributed by atoms with van der Waals surface area (Å²) in [5, 5.41) is 3.00. The number of piperazine rings is 1. The molecule has 7 heteroatoms. The number of imide groups is 1. The fourth-order valence-corrected chi connectivity index (χ4v) is 4.68. The number of carbonyl (C=O) groups excluding carboxylic acids is 3. The van der Waals surface area contributed by atoms with Gasteiger partial charge in [0.25, 0.3) is 11.8 Å². The van der Waals surface area contributed by atoms with Gasteiger partial charge in [-0.1, -0.05) is 38.0 Å². The maximum Gasteiger partial charge on any atom is 0.326 e. The molecule has 1 spiro atoms. The number of rotatable bonds is 3. The highest BCUT2D eigenvalue weighted by Crippen LogP contribution is 2.38. The summed E-state index contributed by atoms with van der Waals surface area (Å²) in [4.78, 5) is 43.5. The van der Waals surface area contributed by atoms with Crippen molar-refractivity contribution in [2.24, 2.45) is 5.92 Å². The molecule has 0 bridgehead atoms. The third kappa shape index (κ3) is 3.28. The van der Waals surface area contributed by atoms with E-state index >= 15 is 0 Å². The highest BCUT2D eigenvalue weighted by molar-refractivity contribution is 6.07. The molecule has 28 heavy (non-hydrogen) atoms. The first kappa shape index (κ1) is 18.9. The van der Waals surface area contributed by atoms with Gasteiger partial charge in [-0.3, -0.25) is 14.5 Å². The summed E-state index contributed by atoms with van der Waals surface area (Å²) in [6, 6.07) is 9.00. The van der Waals surface area contributed by atoms with Crippen LogP contribution in [0.3, 0.4) is 0 Å². The van der Waals surface area contributed by atoms with E-state index in [-0.39, 0.29) is 23.8 Å². The van der Waals surface area contributed by atoms with E-state index in [0.29, 0.717) is 38.4 Å². The van der Waals surface area contributed by atoms with E-state index in [1.54, 1.807) is 0 Å². The number of nitrogens with zero attached hydrogens (tertiary/aromatic N) is 3. The predicted octanol–water partition coefficient (Wildman–Crippen LogP) is 1.90. The standard InChI is InChI=1S/C21H28N4O3/c1-16-7-5-6-10-21(16)19(27)25(20(28)22-21)15-23-11-13-24(14-12-23)18(26)17-8-3-2-4-9-17/h2-4,8-9,16H,5-7,10-15H2,1H3,(H,22,28)/t16-,21-/m1/s1. The highest BCUT2D eigenvalue weighted by Gasteiger charge is 2.55. The van der Waals surface area contributed by atoms with Crippen molar-refractivity contribution < 1.29 is 14.4 Å². The lowest BCUT2D eigenvalue weighted by atomic mass is 9.73. The Morgan fingerprint density at radius 2 is 1.82 bits per heavy atom. The van der Waals surface area contributed by atoms with Crippen LogP contribution in [-0.2, 0) is 4.79 Å². The van der Waals surface area contributed by atoms with Crippen LogP contribution in [0.15, 0.2) is 30.3 Å². The van der Waals surface area contributed by atoms with Crippen LogP contribution >= 0.6 is 0 Å². The molecule has 150 valence electrons. The fraction of sp³-hybridized carbons (Fsp3) is 0.571. The molecule has 3 fully saturated rings. The molecule has 1 aromatic rings. The Bertz CT molecular complexity index is 760. The van der Waals surface area contributed by atoms with Gasteiger partial charge in [-0.15, -0.1) is 0 Å². The number of carbonyl (C=O) groups is 3. The molecule has 1 aromatic carbocycles. The minimum Gasteiger partial charge on any atom is -0.336 e. The monoisotopic (exact) mass is 384 g/mol. The lowest BCUT2D eigenvalue weighted by Crippen LogP contribution is -2.55. The number of amides is 4. The van der Waals surface area contributed by atoms with Gasteiger partial charge in [-0.05, 0) is 30.9 Å². The molecule has 2 atom stereocenters. The number of hydrogen-bond donors (Lipinski definition) is 1. The molecule has 2 heterocycles. The quantitative estimate of drug-likeness (QED) is 0.808. The first-order valence-electron chi connectivity index (χ1n) is 10.2. The van der Waals surface area contributed by atoms with E-state index in [9.17, 15) is 14.4 Å². The van der Waals surface area contributed by atoms with Crippen molar-refractivity contribution in [3.8, 4) is 0 Å². The molecule has 0 unspecified atom stereocenters. The van der Waals surface area contributed by atoms with Crippen molar-refractivity contribution in [3.63, 3.8) is 0 Å². The van der Waals surface area contributed by atoms with Crippen LogP contribution < -0.4 is 5.32 Å². The summed E-state index contributed by atoms with van der Waals surface area (Å²) in [5.74, 6) is 0.126. The zero-order valence-electron chi connectivity index (χ0n) is 16.4. The zero-order chi connectivity index (χ0) is 19.7. The SMILES string of the molecule is C[C@@H]1CCCC[C@@]12NC(=O)N(CN1CCN(C(=O)c3ccccc3)CC1)C2=O. The van der Waals surface area contributed by atoms with E-state index in [1.807, 2.05) is 35.2 Å². The van der Waals surface area contributed by atoms with E-state index in [1.165, 1.54) is 4.90 Å². The van der Waals surface area contributed by atoms with Crippen molar-refractivity contribution in [1.29, 1.82) is 0 Å². The van der Waals surface area contributed by atoms with E-state index in [0.717, 1.165) is 25.7 Å². The largest absolute Gasteiger partial charge is 0.336 e. The number of benzene rings is 1. The predicted molar refractivity (Wildman–Crippen MR) is 105 cm³/mol. The molecular weight excluding hydrogens is 356 g/mol. The number of nitrogens with one attached hydrogen (secondary N) is 1. The molecule has 1 aliphatic carbocycles. The van der Waals surface area contributed by atoms with Crippen molar-refractivity contribution in [3.05, 3.63) is 35.9 Å². The minimum absolute atomic E-state index is 0.0326. The molecule has 2 saturated heterocycles. The maximum absolute atomic E-state index is 13.1. The maximum atomic E-state index is 13.1. The highest BCUT2D eigenvalue weighted by atomic mass is 16.2. The molecule has 2 aliphatic heterocycles. The Kier molecular flexibility index (Phi) is 5.10. The average Bonchev–Trinajstić information content (AvgIpc) is 2.96. The third-order valence-corrected chi connectivity index (χ3v) is 6.52. The van der Waals surface area contributed by atoms with Crippen LogP contribution in [0.2, 0.25) is 0 Å². The van der Waals surface area contributed by atoms with Gasteiger partial charge in [-0.2, -0.15) is 0 Å². The second kappa shape index (κ2) is 7.54. The van der Waals surface area contributed by atoms with Crippen LogP contribution in [-0.4, -0.2) is 70.9 Å². The Hall–Kier alpha value is -2.41. The zero-order valence-corrected chi connectivity index (χ0v) is 16.4. The fourth-order valence-electron chi connectivity index (χ4n) is 4.68. The van der Waals surface area contributed by atoms with Gasteiger partial charge < -0.3 is 10.2 Å². The molecule has 1 N–H and O–H groups in total. The summed E-state index contributed by atoms with van der Waals surface area (Å²) < 4.78 is 0. The molecule has 3 aliphatic rings. The second-order valence-corrected chi connectivity index (χ2v) is 8.20. The molecule has 0 aromatic heterocycles. The normalized spacial score (nSPS) is 28.7. The average molecular weight is 384 g/mol. The summed E-state index contributed by atoms with van der Waals surface area (Å²) >= 11 is 0. The smallest absolute Gasteiger partial charge is 0.326 e. The van der Waals surface area contributed by atoms with E-state index in [2.05, 4.69) is 17.1 Å². The van der Waals surface area contributed by atoms with Crippen molar-refractivity contribution in [1.82, 2.24) is 20.0 Å². The third-order valence-electron chi connectivity index (χ3n) is 6.52. The first-order chi connectivity index (χ1) is 13.5. The van der Waals surface area contributed by atoms with Gasteiger partial charge in [0.2, 0.25) is 0 Å². The van der Waals surface area contributed by atoms with E-state index in [4.69, 9.17) is 0 Å². The van der Waals surface area contributed by atoms with Crippen molar-refractivity contribution >= 4 is 17.8 Å². The molecule has 7 nitrogen and oxygen atoms in total. The van der Waals surface area contributed by atoms with Crippen LogP contribution in [0.1, 0.15) is 43.0 Å². The lowest BCUT2D eigenvalue weighted by Gasteiger charge is -2.38. The molecule has 4 rings (SSSR count). The Morgan fingerprint density at radius 3 is 2.50 bits per heavy atom. The minimum atomic E-state index is -0.708. The number of hydrogen-bond acceptors (Lipinski definition) is 4. The summed E-state index contributed by atoms with van der Waals surface area (Å²) in [6.07, 6.45) is 3.79. The van der Waals surface area contributed by atoms with Gasteiger partial charge >= 0.3 is 6.03 Å². The van der Waals surface area contributed by atoms with Crippen LogP contribution in [0.25, 0.3) is 0 Å². The Balaban J connectivity index is 1.35. The second-order valence-electron chi connectivity index (χ2n) is 8.20. The summed E-state index contributed by atoms with van der Waals surface area (Å²) in [5.41, 5.74) is -0.0151. The van der Waals surface area contributed by atoms with E-state index < -0.39 is 5.54 Å². The van der Waals surface area contributed by atoms with Crippen molar-refractivity contribution in [2.75, 3.05) is 32.8 Å². The van der Waals surface area contributed by atoms with Crippen LogP contribution in [0.5, 0.6) is 0 Å². The molecule has 4 amide bonds. The van der Waals surface area contributed by atoms with Crippen LogP contribution in [0, 0.1) is 5.92 Å². The summed E-state index contributed by atoms with van der Waals surface area (Å²) in [6.45, 7) is 4.86.